The normalized spacial score (nSPS) is 20.9. The van der Waals surface area contributed by atoms with Crippen molar-refractivity contribution in [2.24, 2.45) is 0 Å². The molecule has 1 saturated heterocycles. The molecule has 3 heteroatoms. The van der Waals surface area contributed by atoms with Crippen molar-refractivity contribution in [3.05, 3.63) is 35.4 Å². The zero-order valence-corrected chi connectivity index (χ0v) is 10.2. The number of carbonyl (C=O) groups excluding carboxylic acids is 1. The van der Waals surface area contributed by atoms with Crippen molar-refractivity contribution in [2.75, 3.05) is 6.61 Å². The Hall–Kier alpha value is -1.63. The van der Waals surface area contributed by atoms with Crippen LogP contribution < -0.4 is 0 Å². The maximum Gasteiger partial charge on any atom is 0.159 e. The minimum atomic E-state index is -0.583. The fraction of sp³-hybridized carbons (Fsp3) is 0.400. The van der Waals surface area contributed by atoms with Gasteiger partial charge < -0.3 is 14.3 Å². The molecule has 3 nitrogen and oxygen atoms in total. The first-order chi connectivity index (χ1) is 8.83. The van der Waals surface area contributed by atoms with E-state index in [9.17, 15) is 4.79 Å². The van der Waals surface area contributed by atoms with Crippen LogP contribution in [0.4, 0.5) is 0 Å². The number of aldehydes is 1. The summed E-state index contributed by atoms with van der Waals surface area (Å²) in [5, 5.41) is 0. The number of hydrogen-bond donors (Lipinski definition) is 0. The van der Waals surface area contributed by atoms with Gasteiger partial charge in [0.2, 0.25) is 0 Å². The summed E-state index contributed by atoms with van der Waals surface area (Å²) in [6, 6.07) is 7.24. The van der Waals surface area contributed by atoms with E-state index >= 15 is 0 Å². The van der Waals surface area contributed by atoms with Gasteiger partial charge in [0, 0.05) is 12.2 Å². The summed E-state index contributed by atoms with van der Waals surface area (Å²) >= 11 is 0. The van der Waals surface area contributed by atoms with Crippen LogP contribution in [0.1, 0.15) is 36.5 Å². The van der Waals surface area contributed by atoms with Crippen molar-refractivity contribution >= 4 is 6.29 Å². The largest absolute Gasteiger partial charge is 0.353 e. The number of ether oxygens (including phenoxy) is 2. The highest BCUT2D eigenvalue weighted by atomic mass is 16.7. The summed E-state index contributed by atoms with van der Waals surface area (Å²) in [6.07, 6.45) is 8.20. The van der Waals surface area contributed by atoms with Crippen LogP contribution in [0, 0.1) is 12.3 Å². The molecule has 0 saturated carbocycles. The van der Waals surface area contributed by atoms with E-state index in [4.69, 9.17) is 15.9 Å². The fourth-order valence-electron chi connectivity index (χ4n) is 1.94. The van der Waals surface area contributed by atoms with Gasteiger partial charge in [-0.05, 0) is 37.0 Å². The van der Waals surface area contributed by atoms with E-state index in [2.05, 4.69) is 5.92 Å². The molecule has 1 heterocycles. The molecule has 0 amide bonds. The Morgan fingerprint density at radius 2 is 2.17 bits per heavy atom. The third-order valence-corrected chi connectivity index (χ3v) is 2.97. The number of benzene rings is 1. The second kappa shape index (κ2) is 6.34. The lowest BCUT2D eigenvalue weighted by molar-refractivity contribution is -0.188. The van der Waals surface area contributed by atoms with Crippen LogP contribution in [0.3, 0.4) is 0 Å². The highest BCUT2D eigenvalue weighted by Gasteiger charge is 2.20. The molecular formula is C15H16O3. The first-order valence-corrected chi connectivity index (χ1v) is 6.12. The van der Waals surface area contributed by atoms with E-state index in [1.54, 1.807) is 12.1 Å². The van der Waals surface area contributed by atoms with Crippen molar-refractivity contribution in [1.82, 2.24) is 0 Å². The molecule has 1 aliphatic heterocycles. The third-order valence-electron chi connectivity index (χ3n) is 2.97. The second-order valence-corrected chi connectivity index (χ2v) is 4.26. The summed E-state index contributed by atoms with van der Waals surface area (Å²) in [5.74, 6) is 2.54. The molecule has 1 aromatic rings. The lowest BCUT2D eigenvalue weighted by atomic mass is 10.1. The molecule has 1 fully saturated rings. The standard InChI is InChI=1S/C15H16O3/c1-2-12-6-8-13(9-7-12)14(11-16)18-15-5-3-4-10-17-15/h1,6-9,11,14-15H,3-5,10H2/t14-,15?/m1/s1. The highest BCUT2D eigenvalue weighted by molar-refractivity contribution is 5.60. The first-order valence-electron chi connectivity index (χ1n) is 6.12. The Morgan fingerprint density at radius 3 is 2.72 bits per heavy atom. The Kier molecular flexibility index (Phi) is 4.52. The van der Waals surface area contributed by atoms with Crippen LogP contribution in [0.25, 0.3) is 0 Å². The van der Waals surface area contributed by atoms with Gasteiger partial charge in [0.05, 0.1) is 0 Å². The van der Waals surface area contributed by atoms with E-state index in [0.29, 0.717) is 6.61 Å². The van der Waals surface area contributed by atoms with Crippen molar-refractivity contribution in [3.8, 4) is 12.3 Å². The van der Waals surface area contributed by atoms with Crippen LogP contribution in [0.15, 0.2) is 24.3 Å². The maximum absolute atomic E-state index is 11.1. The van der Waals surface area contributed by atoms with Gasteiger partial charge in [-0.25, -0.2) is 0 Å². The quantitative estimate of drug-likeness (QED) is 0.603. The van der Waals surface area contributed by atoms with Gasteiger partial charge in [0.25, 0.3) is 0 Å². The predicted molar refractivity (Wildman–Crippen MR) is 67.9 cm³/mol. The predicted octanol–water partition coefficient (Wildman–Crippen LogP) is 2.45. The molecule has 1 unspecified atom stereocenters. The van der Waals surface area contributed by atoms with Gasteiger partial charge in [0.15, 0.2) is 12.6 Å². The molecule has 0 radical (unpaired) electrons. The van der Waals surface area contributed by atoms with Crippen LogP contribution in [0.2, 0.25) is 0 Å². The lowest BCUT2D eigenvalue weighted by Crippen LogP contribution is -2.25. The van der Waals surface area contributed by atoms with Crippen molar-refractivity contribution in [3.63, 3.8) is 0 Å². The zero-order valence-electron chi connectivity index (χ0n) is 10.2. The van der Waals surface area contributed by atoms with Crippen molar-refractivity contribution in [1.29, 1.82) is 0 Å². The molecule has 0 N–H and O–H groups in total. The lowest BCUT2D eigenvalue weighted by Gasteiger charge is -2.25. The minimum Gasteiger partial charge on any atom is -0.353 e. The summed E-state index contributed by atoms with van der Waals surface area (Å²) in [7, 11) is 0. The summed E-state index contributed by atoms with van der Waals surface area (Å²) in [6.45, 7) is 0.701. The summed E-state index contributed by atoms with van der Waals surface area (Å²) < 4.78 is 11.1. The summed E-state index contributed by atoms with van der Waals surface area (Å²) in [5.41, 5.74) is 1.59. The van der Waals surface area contributed by atoms with Gasteiger partial charge in [-0.15, -0.1) is 6.42 Å². The fourth-order valence-corrected chi connectivity index (χ4v) is 1.94. The molecule has 1 aromatic carbocycles. The Labute approximate surface area is 107 Å². The molecule has 0 aliphatic carbocycles. The van der Waals surface area contributed by atoms with Gasteiger partial charge in [-0.3, -0.25) is 0 Å². The van der Waals surface area contributed by atoms with E-state index < -0.39 is 6.10 Å². The van der Waals surface area contributed by atoms with Crippen molar-refractivity contribution in [2.45, 2.75) is 31.7 Å². The highest BCUT2D eigenvalue weighted by Crippen LogP contribution is 2.22. The van der Waals surface area contributed by atoms with Gasteiger partial charge in [-0.1, -0.05) is 18.1 Å². The molecular weight excluding hydrogens is 228 g/mol. The van der Waals surface area contributed by atoms with Crippen LogP contribution >= 0.6 is 0 Å². The number of rotatable bonds is 4. The number of hydrogen-bond acceptors (Lipinski definition) is 3. The maximum atomic E-state index is 11.1. The molecule has 2 atom stereocenters. The summed E-state index contributed by atoms with van der Waals surface area (Å²) in [4.78, 5) is 11.1. The minimum absolute atomic E-state index is 0.277. The Bertz CT molecular complexity index is 424. The smallest absolute Gasteiger partial charge is 0.159 e. The second-order valence-electron chi connectivity index (χ2n) is 4.26. The SMILES string of the molecule is C#Cc1ccc([C@@H](C=O)OC2CCCCO2)cc1. The van der Waals surface area contributed by atoms with Crippen LogP contribution in [-0.4, -0.2) is 19.2 Å². The average Bonchev–Trinajstić information content (AvgIpc) is 2.46. The first kappa shape index (κ1) is 12.8. The monoisotopic (exact) mass is 244 g/mol. The molecule has 94 valence electrons. The van der Waals surface area contributed by atoms with Crippen LogP contribution in [0.5, 0.6) is 0 Å². The van der Waals surface area contributed by atoms with Gasteiger partial charge >= 0.3 is 0 Å². The molecule has 1 aliphatic rings. The molecule has 0 spiro atoms. The molecule has 18 heavy (non-hydrogen) atoms. The van der Waals surface area contributed by atoms with Gasteiger partial charge in [-0.2, -0.15) is 0 Å². The third kappa shape index (κ3) is 3.19. The Morgan fingerprint density at radius 1 is 1.39 bits per heavy atom. The van der Waals surface area contributed by atoms with E-state index in [1.807, 2.05) is 12.1 Å². The zero-order chi connectivity index (χ0) is 12.8. The topological polar surface area (TPSA) is 35.5 Å². The van der Waals surface area contributed by atoms with Crippen LogP contribution in [-0.2, 0) is 14.3 Å². The van der Waals surface area contributed by atoms with Gasteiger partial charge in [0.1, 0.15) is 6.10 Å². The molecule has 0 aromatic heterocycles. The molecule has 0 bridgehead atoms. The Balaban J connectivity index is 2.02. The molecule has 2 rings (SSSR count). The van der Waals surface area contributed by atoms with E-state index in [1.165, 1.54) is 0 Å². The van der Waals surface area contributed by atoms with E-state index in [0.717, 1.165) is 36.7 Å². The number of terminal acetylenes is 1. The average molecular weight is 244 g/mol. The number of carbonyl (C=O) groups is 1. The van der Waals surface area contributed by atoms with Crippen molar-refractivity contribution < 1.29 is 14.3 Å². The van der Waals surface area contributed by atoms with E-state index in [-0.39, 0.29) is 6.29 Å².